The third-order valence-corrected chi connectivity index (χ3v) is 4.97. The van der Waals surface area contributed by atoms with Gasteiger partial charge in [-0.1, -0.05) is 18.2 Å². The number of aliphatic carboxylic acids is 1. The zero-order chi connectivity index (χ0) is 19.7. The Morgan fingerprint density at radius 3 is 2.82 bits per heavy atom. The molecular formula is C21H21N3O4. The first-order valence-electron chi connectivity index (χ1n) is 9.19. The summed E-state index contributed by atoms with van der Waals surface area (Å²) in [5, 5.41) is 9.15. The molecule has 0 spiro atoms. The van der Waals surface area contributed by atoms with Crippen LogP contribution in [0.5, 0.6) is 5.75 Å². The van der Waals surface area contributed by atoms with Crippen LogP contribution in [0, 0.1) is 12.8 Å². The molecule has 0 aliphatic carbocycles. The van der Waals surface area contributed by atoms with E-state index in [-0.39, 0.29) is 19.1 Å². The van der Waals surface area contributed by atoms with Crippen molar-refractivity contribution in [3.63, 3.8) is 0 Å². The molecule has 1 aliphatic rings. The fraction of sp³-hybridized carbons (Fsp3) is 0.286. The number of carboxylic acid groups (broad SMARTS) is 1. The second-order valence-electron chi connectivity index (χ2n) is 7.06. The van der Waals surface area contributed by atoms with Crippen LogP contribution in [-0.4, -0.2) is 44.4 Å². The molecule has 3 heterocycles. The molecule has 7 heteroatoms. The Hall–Kier alpha value is -3.35. The van der Waals surface area contributed by atoms with Gasteiger partial charge in [0.2, 0.25) is 0 Å². The maximum absolute atomic E-state index is 12.9. The lowest BCUT2D eigenvalue weighted by atomic mass is 10.1. The van der Waals surface area contributed by atoms with Crippen LogP contribution in [0.15, 0.2) is 48.8 Å². The Balaban J connectivity index is 1.49. The number of carbonyl (C=O) groups is 2. The zero-order valence-electron chi connectivity index (χ0n) is 15.5. The van der Waals surface area contributed by atoms with Gasteiger partial charge in [-0.3, -0.25) is 9.59 Å². The molecule has 2 aromatic heterocycles. The number of amides is 1. The van der Waals surface area contributed by atoms with Crippen molar-refractivity contribution >= 4 is 17.5 Å². The van der Waals surface area contributed by atoms with E-state index in [0.29, 0.717) is 24.3 Å². The van der Waals surface area contributed by atoms with Crippen molar-refractivity contribution in [1.82, 2.24) is 14.3 Å². The van der Waals surface area contributed by atoms with E-state index < -0.39 is 11.9 Å². The first-order chi connectivity index (χ1) is 13.5. The van der Waals surface area contributed by atoms with E-state index in [1.165, 1.54) is 0 Å². The van der Waals surface area contributed by atoms with Crippen LogP contribution in [0.2, 0.25) is 0 Å². The van der Waals surface area contributed by atoms with E-state index >= 15 is 0 Å². The number of fused-ring (bicyclic) bond motifs is 1. The molecule has 1 aromatic carbocycles. The van der Waals surface area contributed by atoms with Gasteiger partial charge < -0.3 is 19.1 Å². The lowest BCUT2D eigenvalue weighted by Gasteiger charge is -2.18. The lowest BCUT2D eigenvalue weighted by Crippen LogP contribution is -2.30. The van der Waals surface area contributed by atoms with Gasteiger partial charge in [0.1, 0.15) is 18.0 Å². The fourth-order valence-electron chi connectivity index (χ4n) is 3.46. The molecule has 1 saturated heterocycles. The third kappa shape index (κ3) is 3.55. The Labute approximate surface area is 162 Å². The number of imidazole rings is 1. The van der Waals surface area contributed by atoms with Crippen LogP contribution in [0.1, 0.15) is 28.0 Å². The summed E-state index contributed by atoms with van der Waals surface area (Å²) < 4.78 is 7.84. The number of aryl methyl sites for hydroxylation is 1. The third-order valence-electron chi connectivity index (χ3n) is 4.97. The number of nitrogens with zero attached hydrogens (tertiary/aromatic N) is 3. The fourth-order valence-corrected chi connectivity index (χ4v) is 3.46. The topological polar surface area (TPSA) is 84.1 Å². The zero-order valence-corrected chi connectivity index (χ0v) is 15.5. The summed E-state index contributed by atoms with van der Waals surface area (Å²) >= 11 is 0. The van der Waals surface area contributed by atoms with E-state index in [4.69, 9.17) is 9.84 Å². The summed E-state index contributed by atoms with van der Waals surface area (Å²) in [5.41, 5.74) is 3.18. The monoisotopic (exact) mass is 379 g/mol. The van der Waals surface area contributed by atoms with Crippen LogP contribution in [0.4, 0.5) is 0 Å². The number of carbonyl (C=O) groups excluding carboxylic acids is 1. The van der Waals surface area contributed by atoms with E-state index in [1.54, 1.807) is 23.1 Å². The smallest absolute Gasteiger partial charge is 0.308 e. The summed E-state index contributed by atoms with van der Waals surface area (Å²) in [7, 11) is 0. The quantitative estimate of drug-likeness (QED) is 0.737. The van der Waals surface area contributed by atoms with Crippen molar-refractivity contribution in [3.8, 4) is 5.75 Å². The molecule has 7 nitrogen and oxygen atoms in total. The lowest BCUT2D eigenvalue weighted by molar-refractivity contribution is -0.141. The molecule has 1 amide bonds. The molecule has 4 rings (SSSR count). The second-order valence-corrected chi connectivity index (χ2v) is 7.06. The molecule has 0 radical (unpaired) electrons. The summed E-state index contributed by atoms with van der Waals surface area (Å²) in [6.45, 7) is 2.93. The highest BCUT2D eigenvalue weighted by molar-refractivity contribution is 5.97. The molecule has 3 aromatic rings. The van der Waals surface area contributed by atoms with Crippen molar-refractivity contribution in [2.45, 2.75) is 20.0 Å². The Morgan fingerprint density at radius 2 is 2.04 bits per heavy atom. The van der Waals surface area contributed by atoms with Crippen molar-refractivity contribution < 1.29 is 19.4 Å². The molecule has 144 valence electrons. The van der Waals surface area contributed by atoms with Gasteiger partial charge in [0.25, 0.3) is 5.91 Å². The summed E-state index contributed by atoms with van der Waals surface area (Å²) in [6, 6.07) is 11.0. The number of hydrogen-bond acceptors (Lipinski definition) is 4. The number of hydrogen-bond donors (Lipinski definition) is 1. The first-order valence-corrected chi connectivity index (χ1v) is 9.19. The van der Waals surface area contributed by atoms with Gasteiger partial charge in [-0.15, -0.1) is 0 Å². The normalized spacial score (nSPS) is 16.5. The van der Waals surface area contributed by atoms with Crippen LogP contribution in [0.25, 0.3) is 5.65 Å². The van der Waals surface area contributed by atoms with Crippen molar-refractivity contribution in [2.75, 3.05) is 13.1 Å². The predicted molar refractivity (Wildman–Crippen MR) is 102 cm³/mol. The first kappa shape index (κ1) is 18.0. The minimum atomic E-state index is -0.859. The van der Waals surface area contributed by atoms with Gasteiger partial charge in [-0.05, 0) is 37.1 Å². The van der Waals surface area contributed by atoms with Crippen molar-refractivity contribution in [1.29, 1.82) is 0 Å². The average Bonchev–Trinajstić information content (AvgIpc) is 3.33. The number of pyridine rings is 1. The van der Waals surface area contributed by atoms with E-state index in [2.05, 4.69) is 4.98 Å². The molecule has 28 heavy (non-hydrogen) atoms. The number of para-hydroxylation sites is 1. The number of likely N-dealkylation sites (tertiary alicyclic amines) is 1. The average molecular weight is 379 g/mol. The van der Waals surface area contributed by atoms with Gasteiger partial charge >= 0.3 is 5.97 Å². The molecule has 0 bridgehead atoms. The second kappa shape index (κ2) is 7.34. The summed E-state index contributed by atoms with van der Waals surface area (Å²) in [5.74, 6) is -1.09. The number of carboxylic acids is 1. The largest absolute Gasteiger partial charge is 0.486 e. The Bertz CT molecular complexity index is 1040. The van der Waals surface area contributed by atoms with Gasteiger partial charge in [-0.2, -0.15) is 0 Å². The summed E-state index contributed by atoms with van der Waals surface area (Å²) in [4.78, 5) is 30.1. The highest BCUT2D eigenvalue weighted by Gasteiger charge is 2.32. The van der Waals surface area contributed by atoms with Gasteiger partial charge in [0, 0.05) is 25.5 Å². The van der Waals surface area contributed by atoms with Crippen LogP contribution in [-0.2, 0) is 11.4 Å². The number of benzene rings is 1. The van der Waals surface area contributed by atoms with E-state index in [9.17, 15) is 9.59 Å². The number of rotatable bonds is 5. The predicted octanol–water partition coefficient (Wildman–Crippen LogP) is 2.77. The number of ether oxygens (including phenoxy) is 1. The van der Waals surface area contributed by atoms with Gasteiger partial charge in [0.15, 0.2) is 0 Å². The SMILES string of the molecule is Cc1ccc2nc(COc3ccccc3C(=O)N3CC[C@H](C(=O)O)C3)cn2c1. The highest BCUT2D eigenvalue weighted by Crippen LogP contribution is 2.25. The Kier molecular flexibility index (Phi) is 4.73. The molecule has 1 N–H and O–H groups in total. The van der Waals surface area contributed by atoms with E-state index in [1.807, 2.05) is 41.9 Å². The molecule has 0 saturated carbocycles. The molecule has 1 fully saturated rings. The van der Waals surface area contributed by atoms with Crippen LogP contribution < -0.4 is 4.74 Å². The maximum atomic E-state index is 12.9. The molecule has 1 aliphatic heterocycles. The maximum Gasteiger partial charge on any atom is 0.308 e. The van der Waals surface area contributed by atoms with Crippen LogP contribution in [0.3, 0.4) is 0 Å². The standard InChI is InChI=1S/C21H21N3O4/c1-14-6-7-19-22-16(12-24(19)10-14)13-28-18-5-3-2-4-17(18)20(25)23-9-8-15(11-23)21(26)27/h2-7,10,12,15H,8-9,11,13H2,1H3,(H,26,27)/t15-/m0/s1. The minimum Gasteiger partial charge on any atom is -0.486 e. The van der Waals surface area contributed by atoms with E-state index in [0.717, 1.165) is 16.9 Å². The Morgan fingerprint density at radius 1 is 1.21 bits per heavy atom. The highest BCUT2D eigenvalue weighted by atomic mass is 16.5. The van der Waals surface area contributed by atoms with Gasteiger partial charge in [0.05, 0.1) is 17.2 Å². The number of aromatic nitrogens is 2. The van der Waals surface area contributed by atoms with Crippen LogP contribution >= 0.6 is 0 Å². The van der Waals surface area contributed by atoms with Gasteiger partial charge in [-0.25, -0.2) is 4.98 Å². The summed E-state index contributed by atoms with van der Waals surface area (Å²) in [6.07, 6.45) is 4.38. The molecule has 1 atom stereocenters. The molecular weight excluding hydrogens is 358 g/mol. The molecule has 0 unspecified atom stereocenters. The van der Waals surface area contributed by atoms with Crippen molar-refractivity contribution in [3.05, 3.63) is 65.6 Å². The van der Waals surface area contributed by atoms with Crippen molar-refractivity contribution in [2.24, 2.45) is 5.92 Å². The minimum absolute atomic E-state index is 0.204.